The van der Waals surface area contributed by atoms with Gasteiger partial charge in [-0.3, -0.25) is 10.1 Å². The molecule has 2 heteroatoms. The molecule has 1 radical (unpaired) electrons. The van der Waals surface area contributed by atoms with Crippen LogP contribution in [0.4, 0.5) is 0 Å². The lowest BCUT2D eigenvalue weighted by Crippen LogP contribution is -2.36. The third-order valence-electron chi connectivity index (χ3n) is 0.539. The molecular formula is C3H4NO. The molecule has 0 amide bonds. The van der Waals surface area contributed by atoms with E-state index in [0.717, 1.165) is 0 Å². The average Bonchev–Trinajstić information content (AvgIpc) is 1.30. The van der Waals surface area contributed by atoms with E-state index in [1.165, 1.54) is 6.54 Å². The van der Waals surface area contributed by atoms with Crippen molar-refractivity contribution in [3.63, 3.8) is 0 Å². The van der Waals surface area contributed by atoms with Gasteiger partial charge in [0.1, 0.15) is 0 Å². The summed E-state index contributed by atoms with van der Waals surface area (Å²) in [4.78, 5) is 9.78. The van der Waals surface area contributed by atoms with Crippen molar-refractivity contribution in [2.75, 3.05) is 6.54 Å². The highest BCUT2D eigenvalue weighted by Gasteiger charge is 2.09. The van der Waals surface area contributed by atoms with Crippen LogP contribution >= 0.6 is 0 Å². The number of Topliss-reactive ketones (excluding diaryl/α,β-unsaturated/α-hetero) is 1. The summed E-state index contributed by atoms with van der Waals surface area (Å²) in [6.45, 7) is 2.00. The fourth-order valence-corrected chi connectivity index (χ4v) is 0.185. The molecule has 1 aliphatic rings. The molecule has 0 saturated carbocycles. The summed E-state index contributed by atoms with van der Waals surface area (Å²) in [5, 5.41) is 2.69. The van der Waals surface area contributed by atoms with Crippen molar-refractivity contribution in [2.45, 2.75) is 0 Å². The van der Waals surface area contributed by atoms with Gasteiger partial charge in [0.05, 0.1) is 13.1 Å². The first-order valence-corrected chi connectivity index (χ1v) is 1.49. The highest BCUT2D eigenvalue weighted by atomic mass is 16.1. The van der Waals surface area contributed by atoms with Crippen molar-refractivity contribution >= 4 is 5.78 Å². The number of rotatable bonds is 0. The first-order valence-electron chi connectivity index (χ1n) is 1.49. The molecule has 2 nitrogen and oxygen atoms in total. The van der Waals surface area contributed by atoms with E-state index in [4.69, 9.17) is 0 Å². The Morgan fingerprint density at radius 1 is 2.00 bits per heavy atom. The standard InChI is InChI=1S/C3H4NO/c5-3-1-4-2-3/h1,4H,2H2. The van der Waals surface area contributed by atoms with E-state index < -0.39 is 0 Å². The topological polar surface area (TPSA) is 29.1 Å². The minimum atomic E-state index is 0.199. The largest absolute Gasteiger partial charge is 0.299 e. The first kappa shape index (κ1) is 2.85. The van der Waals surface area contributed by atoms with Crippen LogP contribution in [-0.2, 0) is 4.79 Å². The van der Waals surface area contributed by atoms with Crippen LogP contribution < -0.4 is 5.32 Å². The predicted octanol–water partition coefficient (Wildman–Crippen LogP) is -0.680. The predicted molar refractivity (Wildman–Crippen MR) is 17.3 cm³/mol. The van der Waals surface area contributed by atoms with E-state index in [2.05, 4.69) is 5.32 Å². The Labute approximate surface area is 30.2 Å². The van der Waals surface area contributed by atoms with Gasteiger partial charge < -0.3 is 0 Å². The second kappa shape index (κ2) is 0.792. The van der Waals surface area contributed by atoms with Gasteiger partial charge >= 0.3 is 0 Å². The molecule has 0 aromatic heterocycles. The number of hydrogen-bond acceptors (Lipinski definition) is 2. The fraction of sp³-hybridized carbons (Fsp3) is 0.333. The van der Waals surface area contributed by atoms with Gasteiger partial charge in [0.25, 0.3) is 0 Å². The van der Waals surface area contributed by atoms with Crippen LogP contribution in [0, 0.1) is 6.54 Å². The van der Waals surface area contributed by atoms with Crippen LogP contribution in [0.3, 0.4) is 0 Å². The zero-order valence-corrected chi connectivity index (χ0v) is 2.69. The van der Waals surface area contributed by atoms with E-state index >= 15 is 0 Å². The van der Waals surface area contributed by atoms with Gasteiger partial charge in [-0.25, -0.2) is 0 Å². The summed E-state index contributed by atoms with van der Waals surface area (Å²) < 4.78 is 0. The third-order valence-corrected chi connectivity index (χ3v) is 0.539. The summed E-state index contributed by atoms with van der Waals surface area (Å²) in [6.07, 6.45) is 0. The zero-order valence-electron chi connectivity index (χ0n) is 2.69. The summed E-state index contributed by atoms with van der Waals surface area (Å²) in [7, 11) is 0. The maximum Gasteiger partial charge on any atom is 0.165 e. The van der Waals surface area contributed by atoms with Gasteiger partial charge in [0.15, 0.2) is 5.78 Å². The minimum Gasteiger partial charge on any atom is -0.299 e. The maximum atomic E-state index is 9.78. The maximum absolute atomic E-state index is 9.78. The number of carbonyl (C=O) groups excluding carboxylic acids is 1. The molecule has 0 aromatic carbocycles. The molecule has 27 valence electrons. The molecule has 1 saturated heterocycles. The highest BCUT2D eigenvalue weighted by Crippen LogP contribution is 1.82. The van der Waals surface area contributed by atoms with Gasteiger partial charge in [-0.1, -0.05) is 0 Å². The van der Waals surface area contributed by atoms with E-state index in [1.54, 1.807) is 0 Å². The second-order valence-corrected chi connectivity index (χ2v) is 0.992. The van der Waals surface area contributed by atoms with Crippen molar-refractivity contribution in [1.82, 2.24) is 5.32 Å². The van der Waals surface area contributed by atoms with Crippen molar-refractivity contribution in [3.05, 3.63) is 6.54 Å². The SMILES string of the molecule is O=C1[CH]NC1. The van der Waals surface area contributed by atoms with Crippen LogP contribution in [0.1, 0.15) is 0 Å². The normalized spacial score (nSPS) is 22.0. The monoisotopic (exact) mass is 70.0 g/mol. The Kier molecular flexibility index (Phi) is 0.451. The molecule has 1 rings (SSSR count). The van der Waals surface area contributed by atoms with E-state index in [1.807, 2.05) is 0 Å². The van der Waals surface area contributed by atoms with Gasteiger partial charge in [0, 0.05) is 0 Å². The quantitative estimate of drug-likeness (QED) is 0.409. The number of ketones is 1. The van der Waals surface area contributed by atoms with E-state index in [9.17, 15) is 4.79 Å². The zero-order chi connectivity index (χ0) is 3.70. The van der Waals surface area contributed by atoms with Gasteiger partial charge in [-0.05, 0) is 0 Å². The Balaban J connectivity index is 2.32. The summed E-state index contributed by atoms with van der Waals surface area (Å²) in [5.41, 5.74) is 0. The number of carbonyl (C=O) groups is 1. The van der Waals surface area contributed by atoms with Crippen LogP contribution in [0.2, 0.25) is 0 Å². The van der Waals surface area contributed by atoms with Gasteiger partial charge in [-0.2, -0.15) is 0 Å². The second-order valence-electron chi connectivity index (χ2n) is 0.992. The molecule has 0 bridgehead atoms. The van der Waals surface area contributed by atoms with Gasteiger partial charge in [-0.15, -0.1) is 0 Å². The summed E-state index contributed by atoms with van der Waals surface area (Å²) in [6, 6.07) is 0. The van der Waals surface area contributed by atoms with Crippen LogP contribution in [0.15, 0.2) is 0 Å². The number of nitrogens with one attached hydrogen (secondary N) is 1. The molecule has 1 N–H and O–H groups in total. The van der Waals surface area contributed by atoms with Crippen LogP contribution in [0.5, 0.6) is 0 Å². The Morgan fingerprint density at radius 2 is 2.40 bits per heavy atom. The van der Waals surface area contributed by atoms with E-state index in [0.29, 0.717) is 6.54 Å². The number of hydrogen-bond donors (Lipinski definition) is 1. The fourth-order valence-electron chi connectivity index (χ4n) is 0.185. The van der Waals surface area contributed by atoms with Gasteiger partial charge in [0.2, 0.25) is 0 Å². The smallest absolute Gasteiger partial charge is 0.165 e. The van der Waals surface area contributed by atoms with Crippen molar-refractivity contribution < 1.29 is 4.79 Å². The Bertz CT molecular complexity index is 53.9. The Morgan fingerprint density at radius 3 is 2.40 bits per heavy atom. The molecule has 0 unspecified atom stereocenters. The highest BCUT2D eigenvalue weighted by molar-refractivity contribution is 5.93. The molecule has 0 aromatic rings. The summed E-state index contributed by atoms with van der Waals surface area (Å²) >= 11 is 0. The minimum absolute atomic E-state index is 0.199. The lowest BCUT2D eigenvalue weighted by atomic mass is 10.3. The molecule has 5 heavy (non-hydrogen) atoms. The average molecular weight is 70.1 g/mol. The molecule has 0 atom stereocenters. The molecule has 0 aliphatic carbocycles. The van der Waals surface area contributed by atoms with Crippen molar-refractivity contribution in [2.24, 2.45) is 0 Å². The van der Waals surface area contributed by atoms with Crippen LogP contribution in [-0.4, -0.2) is 12.3 Å². The molecule has 1 aliphatic heterocycles. The molecule has 0 spiro atoms. The van der Waals surface area contributed by atoms with Crippen LogP contribution in [0.25, 0.3) is 0 Å². The third kappa shape index (κ3) is 0.304. The van der Waals surface area contributed by atoms with Crippen molar-refractivity contribution in [3.8, 4) is 0 Å². The first-order chi connectivity index (χ1) is 2.39. The Hall–Kier alpha value is -0.370. The lowest BCUT2D eigenvalue weighted by Gasteiger charge is -2.07. The molecular weight excluding hydrogens is 66.0 g/mol. The summed E-state index contributed by atoms with van der Waals surface area (Å²) in [5.74, 6) is 0.199. The van der Waals surface area contributed by atoms with Crippen molar-refractivity contribution in [1.29, 1.82) is 0 Å². The lowest BCUT2D eigenvalue weighted by molar-refractivity contribution is -0.118. The van der Waals surface area contributed by atoms with E-state index in [-0.39, 0.29) is 5.78 Å². The molecule has 1 fully saturated rings. The molecule has 1 heterocycles.